The first-order chi connectivity index (χ1) is 30.6. The first-order valence-electron chi connectivity index (χ1n) is 20.8. The van der Waals surface area contributed by atoms with Gasteiger partial charge in [-0.1, -0.05) is 45.0 Å². The van der Waals surface area contributed by atoms with Crippen LogP contribution >= 0.6 is 0 Å². The maximum absolute atomic E-state index is 13.1. The summed E-state index contributed by atoms with van der Waals surface area (Å²) in [7, 11) is 5.02. The van der Waals surface area contributed by atoms with Gasteiger partial charge in [-0.05, 0) is 12.1 Å². The average molecular weight is 876 g/mol. The highest BCUT2D eigenvalue weighted by molar-refractivity contribution is 6.07. The van der Waals surface area contributed by atoms with E-state index in [0.717, 1.165) is 16.5 Å². The van der Waals surface area contributed by atoms with E-state index in [1.807, 2.05) is 42.5 Å². The molecule has 2 heterocycles. The number of urea groups is 1. The Morgan fingerprint density at radius 2 is 1.25 bits per heavy atom. The van der Waals surface area contributed by atoms with Crippen molar-refractivity contribution in [3.8, 4) is 23.1 Å². The molecule has 63 heavy (non-hydrogen) atoms. The largest absolute Gasteiger partial charge is 0.497 e. The molecule has 0 fully saturated rings. The molecule has 0 saturated heterocycles. The molecular weight excluding hydrogens is 815 g/mol. The second-order valence-electron chi connectivity index (χ2n) is 14.9. The van der Waals surface area contributed by atoms with Gasteiger partial charge >= 0.3 is 6.03 Å². The molecule has 0 saturated carbocycles. The van der Waals surface area contributed by atoms with Crippen molar-refractivity contribution < 1.29 is 52.2 Å². The number of benzene rings is 3. The molecular formula is C45H61N7O11. The molecule has 0 aliphatic carbocycles. The van der Waals surface area contributed by atoms with Crippen molar-refractivity contribution in [3.63, 3.8) is 0 Å². The quantitative estimate of drug-likeness (QED) is 0.0417. The van der Waals surface area contributed by atoms with E-state index in [-0.39, 0.29) is 5.41 Å². The molecule has 0 spiro atoms. The van der Waals surface area contributed by atoms with E-state index in [2.05, 4.69) is 51.8 Å². The monoisotopic (exact) mass is 875 g/mol. The Hall–Kier alpha value is -5.60. The van der Waals surface area contributed by atoms with Gasteiger partial charge in [0, 0.05) is 72.6 Å². The Labute approximate surface area is 368 Å². The molecule has 0 radical (unpaired) electrons. The molecule has 3 aromatic carbocycles. The molecule has 0 atom stereocenters. The Morgan fingerprint density at radius 1 is 0.667 bits per heavy atom. The SMILES string of the molecule is COCCOCCOCCOCCOCCOCCOCCOc1cc(Nc2nccc(Oc3ccc(NC(=O)Nc4cc(C(C)(C)C)nn4C)c4ccccc34)n2)cc(OC)c1. The number of hydrogen-bond acceptors (Lipinski definition) is 15. The Morgan fingerprint density at radius 3 is 1.84 bits per heavy atom. The predicted octanol–water partition coefficient (Wildman–Crippen LogP) is 6.97. The molecule has 0 aliphatic rings. The van der Waals surface area contributed by atoms with E-state index in [9.17, 15) is 4.79 Å². The van der Waals surface area contributed by atoms with Gasteiger partial charge in [0.05, 0.1) is 104 Å². The maximum atomic E-state index is 13.1. The van der Waals surface area contributed by atoms with Crippen molar-refractivity contribution in [1.82, 2.24) is 19.7 Å². The summed E-state index contributed by atoms with van der Waals surface area (Å²) in [5, 5.41) is 15.2. The summed E-state index contributed by atoms with van der Waals surface area (Å²) < 4.78 is 57.3. The van der Waals surface area contributed by atoms with E-state index in [0.29, 0.717) is 139 Å². The van der Waals surface area contributed by atoms with Crippen LogP contribution in [0.4, 0.5) is 27.9 Å². The molecule has 18 nitrogen and oxygen atoms in total. The summed E-state index contributed by atoms with van der Waals surface area (Å²) >= 11 is 0. The minimum Gasteiger partial charge on any atom is -0.497 e. The summed E-state index contributed by atoms with van der Waals surface area (Å²) in [6, 6.07) is 19.8. The van der Waals surface area contributed by atoms with Gasteiger partial charge in [0.15, 0.2) is 0 Å². The summed E-state index contributed by atoms with van der Waals surface area (Å²) in [5.41, 5.74) is 1.98. The molecule has 0 aliphatic heterocycles. The molecule has 5 rings (SSSR count). The highest BCUT2D eigenvalue weighted by Gasteiger charge is 2.20. The fraction of sp³-hybridized carbons (Fsp3) is 0.467. The number of hydrogen-bond donors (Lipinski definition) is 3. The molecule has 2 aromatic heterocycles. The second kappa shape index (κ2) is 26.1. The predicted molar refractivity (Wildman–Crippen MR) is 239 cm³/mol. The van der Waals surface area contributed by atoms with Crippen LogP contribution in [0.5, 0.6) is 23.1 Å². The zero-order valence-electron chi connectivity index (χ0n) is 37.1. The molecule has 18 heteroatoms. The lowest BCUT2D eigenvalue weighted by Crippen LogP contribution is -2.21. The zero-order chi connectivity index (χ0) is 44.7. The third-order valence-corrected chi connectivity index (χ3v) is 9.03. The minimum absolute atomic E-state index is 0.156. The van der Waals surface area contributed by atoms with E-state index >= 15 is 0 Å². The van der Waals surface area contributed by atoms with Gasteiger partial charge in [0.1, 0.15) is 29.7 Å². The summed E-state index contributed by atoms with van der Waals surface area (Å²) in [6.45, 7) is 12.9. The fourth-order valence-corrected chi connectivity index (χ4v) is 5.80. The smallest absolute Gasteiger partial charge is 0.324 e. The van der Waals surface area contributed by atoms with Crippen LogP contribution in [0, 0.1) is 0 Å². The number of nitrogens with one attached hydrogen (secondary N) is 3. The molecule has 3 N–H and O–H groups in total. The Balaban J connectivity index is 1.01. The number of carbonyl (C=O) groups is 1. The van der Waals surface area contributed by atoms with Crippen LogP contribution in [-0.4, -0.2) is 132 Å². The number of amides is 2. The van der Waals surface area contributed by atoms with Crippen LogP contribution in [0.25, 0.3) is 10.8 Å². The third-order valence-electron chi connectivity index (χ3n) is 9.03. The Bertz CT molecular complexity index is 2130. The Kier molecular flexibility index (Phi) is 20.1. The minimum atomic E-state index is -0.392. The van der Waals surface area contributed by atoms with Gasteiger partial charge in [0.25, 0.3) is 0 Å². The fourth-order valence-electron chi connectivity index (χ4n) is 5.80. The van der Waals surface area contributed by atoms with E-state index < -0.39 is 6.03 Å². The number of ether oxygens (including phenoxy) is 10. The molecule has 0 bridgehead atoms. The maximum Gasteiger partial charge on any atom is 0.324 e. The normalized spacial score (nSPS) is 11.5. The van der Waals surface area contributed by atoms with Crippen LogP contribution in [-0.2, 0) is 45.6 Å². The average Bonchev–Trinajstić information content (AvgIpc) is 3.65. The van der Waals surface area contributed by atoms with Gasteiger partial charge in [-0.3, -0.25) is 10.00 Å². The first-order valence-corrected chi connectivity index (χ1v) is 20.8. The van der Waals surface area contributed by atoms with Gasteiger partial charge < -0.3 is 58.0 Å². The number of aryl methyl sites for hydroxylation is 1. The van der Waals surface area contributed by atoms with E-state index in [4.69, 9.17) is 47.4 Å². The van der Waals surface area contributed by atoms with Crippen molar-refractivity contribution in [2.45, 2.75) is 26.2 Å². The van der Waals surface area contributed by atoms with Crippen molar-refractivity contribution in [2.24, 2.45) is 7.05 Å². The van der Waals surface area contributed by atoms with Gasteiger partial charge in [-0.15, -0.1) is 0 Å². The van der Waals surface area contributed by atoms with Gasteiger partial charge in [-0.25, -0.2) is 9.78 Å². The van der Waals surface area contributed by atoms with Crippen molar-refractivity contribution in [3.05, 3.63) is 78.6 Å². The number of aromatic nitrogens is 4. The lowest BCUT2D eigenvalue weighted by Gasteiger charge is -2.14. The lowest BCUT2D eigenvalue weighted by atomic mass is 9.92. The number of fused-ring (bicyclic) bond motifs is 1. The van der Waals surface area contributed by atoms with Crippen LogP contribution in [0.3, 0.4) is 0 Å². The lowest BCUT2D eigenvalue weighted by molar-refractivity contribution is -0.0199. The molecule has 5 aromatic rings. The topological polar surface area (TPSA) is 189 Å². The summed E-state index contributed by atoms with van der Waals surface area (Å²) in [6.07, 6.45) is 1.60. The highest BCUT2D eigenvalue weighted by Crippen LogP contribution is 2.35. The van der Waals surface area contributed by atoms with Gasteiger partial charge in [0.2, 0.25) is 11.8 Å². The number of carbonyl (C=O) groups excluding carboxylic acids is 1. The standard InChI is InChI=1S/C45H61N7O11/c1-45(2,3)40-32-41(52(4)51-40)49-44(53)48-38-11-12-39(37-10-8-7-9-36(37)38)63-42-13-14-46-43(50-42)47-33-29-34(55-6)31-35(30-33)62-28-27-61-26-25-60-24-23-59-22-21-58-20-19-57-18-17-56-16-15-54-5/h7-14,29-32H,15-28H2,1-6H3,(H,46,47,50)(H2,48,49,53). The molecule has 342 valence electrons. The van der Waals surface area contributed by atoms with Crippen molar-refractivity contribution >= 4 is 39.9 Å². The zero-order valence-corrected chi connectivity index (χ0v) is 37.1. The number of nitrogens with zero attached hydrogens (tertiary/aromatic N) is 4. The van der Waals surface area contributed by atoms with Crippen LogP contribution in [0.15, 0.2) is 72.9 Å². The van der Waals surface area contributed by atoms with Crippen LogP contribution < -0.4 is 30.2 Å². The highest BCUT2D eigenvalue weighted by atomic mass is 16.6. The number of rotatable bonds is 29. The van der Waals surface area contributed by atoms with E-state index in [1.54, 1.807) is 56.4 Å². The van der Waals surface area contributed by atoms with Gasteiger partial charge in [-0.2, -0.15) is 10.1 Å². The van der Waals surface area contributed by atoms with Crippen LogP contribution in [0.2, 0.25) is 0 Å². The second-order valence-corrected chi connectivity index (χ2v) is 14.9. The van der Waals surface area contributed by atoms with Crippen LogP contribution in [0.1, 0.15) is 26.5 Å². The van der Waals surface area contributed by atoms with E-state index in [1.165, 1.54) is 0 Å². The number of methoxy groups -OCH3 is 2. The summed E-state index contributed by atoms with van der Waals surface area (Å²) in [5.74, 6) is 2.91. The third kappa shape index (κ3) is 16.9. The molecule has 2 amide bonds. The number of anilines is 4. The first kappa shape index (κ1) is 48.4. The molecule has 0 unspecified atom stereocenters. The summed E-state index contributed by atoms with van der Waals surface area (Å²) in [4.78, 5) is 22.1. The van der Waals surface area contributed by atoms with Crippen molar-refractivity contribution in [2.75, 3.05) is 123 Å². The van der Waals surface area contributed by atoms with Crippen molar-refractivity contribution in [1.29, 1.82) is 0 Å².